The summed E-state index contributed by atoms with van der Waals surface area (Å²) >= 11 is 5.63. The lowest BCUT2D eigenvalue weighted by Crippen LogP contribution is -2.33. The summed E-state index contributed by atoms with van der Waals surface area (Å²) in [6, 6.07) is 5.48. The molecule has 0 bridgehead atoms. The summed E-state index contributed by atoms with van der Waals surface area (Å²) < 4.78 is 23.2. The largest absolute Gasteiger partial charge is 0.332 e. The zero-order chi connectivity index (χ0) is 11.5. The monoisotopic (exact) mass is 248 g/mol. The number of nitrogens with one attached hydrogen (secondary N) is 2. The summed E-state index contributed by atoms with van der Waals surface area (Å²) in [5, 5.41) is 2.87. The molecule has 1 aromatic carbocycles. The van der Waals surface area contributed by atoms with Crippen LogP contribution < -0.4 is 10.0 Å². The van der Waals surface area contributed by atoms with Gasteiger partial charge in [0, 0.05) is 10.7 Å². The van der Waals surface area contributed by atoms with Crippen molar-refractivity contribution in [2.24, 2.45) is 0 Å². The second-order valence-electron chi connectivity index (χ2n) is 2.84. The Labute approximate surface area is 92.5 Å². The van der Waals surface area contributed by atoms with Gasteiger partial charge >= 0.3 is 6.03 Å². The molecule has 0 unspecified atom stereocenters. The first kappa shape index (κ1) is 11.8. The molecule has 1 rings (SSSR count). The van der Waals surface area contributed by atoms with Crippen LogP contribution in [0.2, 0.25) is 5.02 Å². The van der Waals surface area contributed by atoms with Crippen molar-refractivity contribution in [2.45, 2.75) is 0 Å². The molecule has 15 heavy (non-hydrogen) atoms. The number of benzene rings is 1. The third kappa shape index (κ3) is 4.66. The van der Waals surface area contributed by atoms with E-state index in [1.54, 1.807) is 29.0 Å². The minimum absolute atomic E-state index is 0.459. The van der Waals surface area contributed by atoms with Gasteiger partial charge in [0.25, 0.3) is 0 Å². The summed E-state index contributed by atoms with van der Waals surface area (Å²) in [5.74, 6) is 0. The number of anilines is 1. The van der Waals surface area contributed by atoms with Gasteiger partial charge in [-0.3, -0.25) is 0 Å². The summed E-state index contributed by atoms with van der Waals surface area (Å²) in [7, 11) is -3.54. The first-order valence-corrected chi connectivity index (χ1v) is 6.18. The smallest absolute Gasteiger partial charge is 0.307 e. The predicted molar refractivity (Wildman–Crippen MR) is 58.5 cm³/mol. The molecule has 0 aliphatic heterocycles. The quantitative estimate of drug-likeness (QED) is 0.831. The number of rotatable bonds is 2. The van der Waals surface area contributed by atoms with Crippen LogP contribution in [0.5, 0.6) is 0 Å². The Kier molecular flexibility index (Phi) is 3.54. The van der Waals surface area contributed by atoms with Crippen molar-refractivity contribution in [1.82, 2.24) is 4.72 Å². The van der Waals surface area contributed by atoms with Gasteiger partial charge in [0.2, 0.25) is 10.0 Å². The van der Waals surface area contributed by atoms with E-state index in [4.69, 9.17) is 11.6 Å². The van der Waals surface area contributed by atoms with Crippen LogP contribution in [-0.4, -0.2) is 20.7 Å². The molecular weight excluding hydrogens is 240 g/mol. The molecule has 2 N–H and O–H groups in total. The molecule has 0 aliphatic rings. The number of halogens is 1. The van der Waals surface area contributed by atoms with Gasteiger partial charge in [-0.1, -0.05) is 11.6 Å². The third-order valence-electron chi connectivity index (χ3n) is 1.38. The lowest BCUT2D eigenvalue weighted by molar-refractivity contribution is 0.256. The van der Waals surface area contributed by atoms with Gasteiger partial charge in [0.05, 0.1) is 6.26 Å². The Morgan fingerprint density at radius 1 is 1.27 bits per heavy atom. The van der Waals surface area contributed by atoms with Crippen molar-refractivity contribution in [3.8, 4) is 0 Å². The third-order valence-corrected chi connectivity index (χ3v) is 2.19. The highest BCUT2D eigenvalue weighted by atomic mass is 35.5. The van der Waals surface area contributed by atoms with Crippen LogP contribution >= 0.6 is 11.6 Å². The van der Waals surface area contributed by atoms with Crippen molar-refractivity contribution < 1.29 is 13.2 Å². The molecule has 0 saturated heterocycles. The van der Waals surface area contributed by atoms with Gasteiger partial charge in [0.15, 0.2) is 0 Å². The van der Waals surface area contributed by atoms with Gasteiger partial charge in [0.1, 0.15) is 0 Å². The molecule has 2 amide bonds. The molecule has 0 spiro atoms. The first-order valence-electron chi connectivity index (χ1n) is 3.91. The number of hydrogen-bond acceptors (Lipinski definition) is 3. The normalized spacial score (nSPS) is 10.8. The maximum absolute atomic E-state index is 11.1. The van der Waals surface area contributed by atoms with Crippen molar-refractivity contribution in [3.63, 3.8) is 0 Å². The number of sulfonamides is 1. The summed E-state index contributed by atoms with van der Waals surface area (Å²) in [6.07, 6.45) is 0.897. The Bertz CT molecular complexity index is 455. The minimum atomic E-state index is -3.54. The van der Waals surface area contributed by atoms with E-state index in [1.165, 1.54) is 0 Å². The van der Waals surface area contributed by atoms with Crippen molar-refractivity contribution in [2.75, 3.05) is 11.6 Å². The molecule has 82 valence electrons. The highest BCUT2D eigenvalue weighted by Crippen LogP contribution is 2.12. The number of carbonyl (C=O) groups is 1. The second kappa shape index (κ2) is 4.50. The zero-order valence-corrected chi connectivity index (χ0v) is 9.39. The van der Waals surface area contributed by atoms with E-state index in [-0.39, 0.29) is 0 Å². The number of carbonyl (C=O) groups excluding carboxylic acids is 1. The summed E-state index contributed by atoms with van der Waals surface area (Å²) in [4.78, 5) is 11.1. The molecule has 0 radical (unpaired) electrons. The average Bonchev–Trinajstić information content (AvgIpc) is 2.05. The van der Waals surface area contributed by atoms with Crippen LogP contribution in [0.25, 0.3) is 0 Å². The molecule has 0 atom stereocenters. The van der Waals surface area contributed by atoms with E-state index in [1.807, 2.05) is 0 Å². The second-order valence-corrected chi connectivity index (χ2v) is 5.02. The number of amides is 2. The van der Waals surface area contributed by atoms with Gasteiger partial charge in [-0.25, -0.2) is 17.9 Å². The number of hydrogen-bond donors (Lipinski definition) is 2. The van der Waals surface area contributed by atoms with E-state index < -0.39 is 16.1 Å². The fourth-order valence-corrected chi connectivity index (χ4v) is 1.37. The molecular formula is C8H9ClN2O3S. The van der Waals surface area contributed by atoms with Gasteiger partial charge in [-0.15, -0.1) is 0 Å². The van der Waals surface area contributed by atoms with E-state index >= 15 is 0 Å². The zero-order valence-electron chi connectivity index (χ0n) is 7.82. The highest BCUT2D eigenvalue weighted by molar-refractivity contribution is 7.89. The number of urea groups is 1. The summed E-state index contributed by atoms with van der Waals surface area (Å²) in [6.45, 7) is 0. The molecule has 1 aromatic rings. The van der Waals surface area contributed by atoms with Crippen LogP contribution in [0.3, 0.4) is 0 Å². The van der Waals surface area contributed by atoms with E-state index in [2.05, 4.69) is 5.32 Å². The predicted octanol–water partition coefficient (Wildman–Crippen LogP) is 1.42. The minimum Gasteiger partial charge on any atom is -0.307 e. The van der Waals surface area contributed by atoms with Crippen molar-refractivity contribution in [3.05, 3.63) is 29.3 Å². The molecule has 0 saturated carbocycles. The Morgan fingerprint density at radius 3 is 2.27 bits per heavy atom. The maximum Gasteiger partial charge on any atom is 0.332 e. The molecule has 0 aromatic heterocycles. The van der Waals surface area contributed by atoms with E-state index in [0.29, 0.717) is 10.7 Å². The molecule has 0 aliphatic carbocycles. The summed E-state index contributed by atoms with van der Waals surface area (Å²) in [5.41, 5.74) is 0.459. The highest BCUT2D eigenvalue weighted by Gasteiger charge is 2.07. The standard InChI is InChI=1S/C8H9ClN2O3S/c1-15(13,14)11-8(12)10-7-4-2-6(9)3-5-7/h2-5H,1H3,(H2,10,11,12). The van der Waals surface area contributed by atoms with Crippen LogP contribution in [0.15, 0.2) is 24.3 Å². The fourth-order valence-electron chi connectivity index (χ4n) is 0.858. The Morgan fingerprint density at radius 2 is 1.80 bits per heavy atom. The van der Waals surface area contributed by atoms with Gasteiger partial charge in [-0.05, 0) is 24.3 Å². The van der Waals surface area contributed by atoms with E-state index in [9.17, 15) is 13.2 Å². The molecule has 5 nitrogen and oxygen atoms in total. The van der Waals surface area contributed by atoms with Crippen LogP contribution in [0.4, 0.5) is 10.5 Å². The average molecular weight is 249 g/mol. The van der Waals surface area contributed by atoms with Crippen molar-refractivity contribution >= 4 is 33.3 Å². The molecule has 7 heteroatoms. The van der Waals surface area contributed by atoms with Gasteiger partial charge in [-0.2, -0.15) is 0 Å². The first-order chi connectivity index (χ1) is 6.87. The van der Waals surface area contributed by atoms with Crippen LogP contribution in [-0.2, 0) is 10.0 Å². The topological polar surface area (TPSA) is 75.3 Å². The lowest BCUT2D eigenvalue weighted by Gasteiger charge is -2.05. The van der Waals surface area contributed by atoms with Gasteiger partial charge < -0.3 is 5.32 Å². The lowest BCUT2D eigenvalue weighted by atomic mass is 10.3. The SMILES string of the molecule is CS(=O)(=O)NC(=O)Nc1ccc(Cl)cc1. The fraction of sp³-hybridized carbons (Fsp3) is 0.125. The van der Waals surface area contributed by atoms with Crippen LogP contribution in [0.1, 0.15) is 0 Å². The molecule has 0 fully saturated rings. The Hall–Kier alpha value is -1.27. The van der Waals surface area contributed by atoms with Crippen LogP contribution in [0, 0.1) is 0 Å². The molecule has 0 heterocycles. The van der Waals surface area contributed by atoms with E-state index in [0.717, 1.165) is 6.26 Å². The van der Waals surface area contributed by atoms with Crippen molar-refractivity contribution in [1.29, 1.82) is 0 Å². The Balaban J connectivity index is 2.63. The maximum atomic E-state index is 11.1.